The minimum absolute atomic E-state index is 0.168. The zero-order chi connectivity index (χ0) is 8.53. The standard InChI is InChI=1S/C7H17NO3/c1-3-10-6-7-11-5-4-8(2)9/h8H,3-7H2,1-2H3. The van der Waals surface area contributed by atoms with E-state index in [0.717, 1.165) is 6.61 Å². The number of ether oxygens (including phenoxy) is 2. The van der Waals surface area contributed by atoms with Crippen molar-refractivity contribution < 1.29 is 14.5 Å². The fraction of sp³-hybridized carbons (Fsp3) is 1.00. The van der Waals surface area contributed by atoms with Gasteiger partial charge in [0.1, 0.15) is 6.54 Å². The van der Waals surface area contributed by atoms with Gasteiger partial charge in [-0.05, 0) is 6.92 Å². The van der Waals surface area contributed by atoms with Crippen molar-refractivity contribution in [3.63, 3.8) is 0 Å². The van der Waals surface area contributed by atoms with Crippen molar-refractivity contribution in [2.75, 3.05) is 40.0 Å². The molecule has 0 bridgehead atoms. The predicted molar refractivity (Wildman–Crippen MR) is 42.4 cm³/mol. The van der Waals surface area contributed by atoms with Crippen LogP contribution in [0.4, 0.5) is 0 Å². The third-order valence-electron chi connectivity index (χ3n) is 1.17. The summed E-state index contributed by atoms with van der Waals surface area (Å²) < 4.78 is 10.1. The maximum atomic E-state index is 10.4. The smallest absolute Gasteiger partial charge is 0.100 e. The summed E-state index contributed by atoms with van der Waals surface area (Å²) in [6.07, 6.45) is 0. The van der Waals surface area contributed by atoms with Gasteiger partial charge in [0.05, 0.1) is 26.9 Å². The monoisotopic (exact) mass is 163 g/mol. The van der Waals surface area contributed by atoms with E-state index >= 15 is 0 Å². The Morgan fingerprint density at radius 2 is 1.82 bits per heavy atom. The van der Waals surface area contributed by atoms with Gasteiger partial charge in [0.15, 0.2) is 0 Å². The highest BCUT2D eigenvalue weighted by molar-refractivity contribution is 4.29. The molecular formula is C7H17NO3. The van der Waals surface area contributed by atoms with Crippen LogP contribution in [0.25, 0.3) is 0 Å². The van der Waals surface area contributed by atoms with Gasteiger partial charge in [-0.25, -0.2) is 0 Å². The Balaban J connectivity index is 2.80. The van der Waals surface area contributed by atoms with Crippen molar-refractivity contribution in [3.8, 4) is 0 Å². The molecule has 1 unspecified atom stereocenters. The van der Waals surface area contributed by atoms with Crippen LogP contribution in [0.15, 0.2) is 0 Å². The van der Waals surface area contributed by atoms with Gasteiger partial charge < -0.3 is 19.7 Å². The van der Waals surface area contributed by atoms with Crippen molar-refractivity contribution in [2.45, 2.75) is 6.92 Å². The van der Waals surface area contributed by atoms with Crippen molar-refractivity contribution >= 4 is 0 Å². The second-order valence-electron chi connectivity index (χ2n) is 2.26. The molecule has 0 aromatic rings. The second-order valence-corrected chi connectivity index (χ2v) is 2.26. The summed E-state index contributed by atoms with van der Waals surface area (Å²) in [7, 11) is 1.56. The number of hydrogen-bond acceptors (Lipinski definition) is 3. The Hall–Kier alpha value is -0.160. The zero-order valence-corrected chi connectivity index (χ0v) is 7.26. The molecule has 1 atom stereocenters. The van der Waals surface area contributed by atoms with Crippen LogP contribution in [0.1, 0.15) is 6.92 Å². The van der Waals surface area contributed by atoms with Crippen LogP contribution in [-0.2, 0) is 9.47 Å². The molecule has 0 heterocycles. The van der Waals surface area contributed by atoms with Crippen LogP contribution in [0.3, 0.4) is 0 Å². The van der Waals surface area contributed by atoms with Crippen molar-refractivity contribution in [1.82, 2.24) is 0 Å². The Morgan fingerprint density at radius 1 is 1.18 bits per heavy atom. The van der Waals surface area contributed by atoms with E-state index in [9.17, 15) is 5.21 Å². The summed E-state index contributed by atoms with van der Waals surface area (Å²) in [6, 6.07) is 0. The second kappa shape index (κ2) is 7.94. The number of likely N-dealkylation sites (N-methyl/N-ethyl adjacent to an activating group) is 1. The van der Waals surface area contributed by atoms with E-state index in [1.807, 2.05) is 6.92 Å². The van der Waals surface area contributed by atoms with E-state index in [-0.39, 0.29) is 5.06 Å². The topological polar surface area (TPSA) is 46.0 Å². The van der Waals surface area contributed by atoms with E-state index in [2.05, 4.69) is 0 Å². The van der Waals surface area contributed by atoms with Gasteiger partial charge >= 0.3 is 0 Å². The third kappa shape index (κ3) is 9.84. The van der Waals surface area contributed by atoms with E-state index in [0.29, 0.717) is 26.4 Å². The maximum Gasteiger partial charge on any atom is 0.100 e. The number of hydrogen-bond donors (Lipinski definition) is 1. The number of nitrogens with one attached hydrogen (secondary N) is 1. The summed E-state index contributed by atoms with van der Waals surface area (Å²) in [5.74, 6) is 0. The fourth-order valence-corrected chi connectivity index (χ4v) is 0.580. The lowest BCUT2D eigenvalue weighted by Gasteiger charge is -2.15. The molecule has 0 aromatic carbocycles. The Morgan fingerprint density at radius 3 is 2.36 bits per heavy atom. The highest BCUT2D eigenvalue weighted by Crippen LogP contribution is 1.75. The summed E-state index contributed by atoms with van der Waals surface area (Å²) in [6.45, 7) is 4.88. The number of rotatable bonds is 7. The first kappa shape index (κ1) is 10.8. The highest BCUT2D eigenvalue weighted by atomic mass is 16.5. The van der Waals surface area contributed by atoms with E-state index < -0.39 is 0 Å². The molecule has 0 spiro atoms. The van der Waals surface area contributed by atoms with Gasteiger partial charge in [0.25, 0.3) is 0 Å². The van der Waals surface area contributed by atoms with Crippen LogP contribution in [0, 0.1) is 5.21 Å². The predicted octanol–water partition coefficient (Wildman–Crippen LogP) is -0.948. The molecule has 68 valence electrons. The minimum atomic E-state index is 0.168. The first-order chi connectivity index (χ1) is 5.27. The summed E-state index contributed by atoms with van der Waals surface area (Å²) >= 11 is 0. The van der Waals surface area contributed by atoms with E-state index in [1.54, 1.807) is 7.05 Å². The summed E-state index contributed by atoms with van der Waals surface area (Å²) in [4.78, 5) is 0. The lowest BCUT2D eigenvalue weighted by molar-refractivity contribution is -0.826. The molecule has 4 heteroatoms. The molecule has 0 aliphatic carbocycles. The molecule has 1 N–H and O–H groups in total. The largest absolute Gasteiger partial charge is 0.634 e. The van der Waals surface area contributed by atoms with Crippen molar-refractivity contribution in [2.24, 2.45) is 0 Å². The average molecular weight is 163 g/mol. The van der Waals surface area contributed by atoms with Gasteiger partial charge in [-0.15, -0.1) is 0 Å². The lowest BCUT2D eigenvalue weighted by Crippen LogP contribution is -3.04. The van der Waals surface area contributed by atoms with Crippen LogP contribution < -0.4 is 5.06 Å². The Kier molecular flexibility index (Phi) is 7.83. The molecule has 0 radical (unpaired) electrons. The summed E-state index contributed by atoms with van der Waals surface area (Å²) in [5.41, 5.74) is 0. The quantitative estimate of drug-likeness (QED) is 0.389. The molecule has 0 saturated heterocycles. The minimum Gasteiger partial charge on any atom is -0.634 e. The molecule has 11 heavy (non-hydrogen) atoms. The van der Waals surface area contributed by atoms with E-state index in [4.69, 9.17) is 9.47 Å². The molecule has 0 aromatic heterocycles. The molecular weight excluding hydrogens is 146 g/mol. The highest BCUT2D eigenvalue weighted by Gasteiger charge is 1.90. The Bertz CT molecular complexity index is 78.1. The average Bonchev–Trinajstić information content (AvgIpc) is 1.96. The van der Waals surface area contributed by atoms with Crippen LogP contribution >= 0.6 is 0 Å². The first-order valence-corrected chi connectivity index (χ1v) is 3.92. The normalized spacial score (nSPS) is 13.4. The van der Waals surface area contributed by atoms with E-state index in [1.165, 1.54) is 0 Å². The van der Waals surface area contributed by atoms with Gasteiger partial charge in [-0.1, -0.05) is 0 Å². The van der Waals surface area contributed by atoms with Crippen molar-refractivity contribution in [1.29, 1.82) is 0 Å². The van der Waals surface area contributed by atoms with Crippen molar-refractivity contribution in [3.05, 3.63) is 5.21 Å². The number of quaternary nitrogens is 1. The fourth-order valence-electron chi connectivity index (χ4n) is 0.580. The molecule has 0 fully saturated rings. The van der Waals surface area contributed by atoms with Crippen LogP contribution in [0.2, 0.25) is 0 Å². The zero-order valence-electron chi connectivity index (χ0n) is 7.26. The maximum absolute atomic E-state index is 10.4. The molecule has 0 saturated carbocycles. The lowest BCUT2D eigenvalue weighted by atomic mass is 10.6. The van der Waals surface area contributed by atoms with Gasteiger partial charge in [-0.2, -0.15) is 0 Å². The van der Waals surface area contributed by atoms with Crippen LogP contribution in [-0.4, -0.2) is 40.0 Å². The summed E-state index contributed by atoms with van der Waals surface area (Å²) in [5, 5.41) is 10.6. The molecule has 0 aliphatic rings. The first-order valence-electron chi connectivity index (χ1n) is 3.92. The third-order valence-corrected chi connectivity index (χ3v) is 1.17. The molecule has 0 amide bonds. The molecule has 4 nitrogen and oxygen atoms in total. The van der Waals surface area contributed by atoms with Gasteiger partial charge in [-0.3, -0.25) is 0 Å². The molecule has 0 rings (SSSR count). The van der Waals surface area contributed by atoms with Gasteiger partial charge in [0.2, 0.25) is 0 Å². The number of hydroxylamine groups is 2. The van der Waals surface area contributed by atoms with Gasteiger partial charge in [0, 0.05) is 6.61 Å². The Labute approximate surface area is 67.7 Å². The van der Waals surface area contributed by atoms with Crippen LogP contribution in [0.5, 0.6) is 0 Å². The molecule has 0 aliphatic heterocycles. The SMILES string of the molecule is CCOCCOCC[NH+](C)[O-].